The minimum Gasteiger partial charge on any atom is -0.312 e. The molecule has 2 fully saturated rings. The van der Waals surface area contributed by atoms with E-state index in [1.165, 1.54) is 22.4 Å². The fourth-order valence-electron chi connectivity index (χ4n) is 5.89. The second-order valence-electron chi connectivity index (χ2n) is 11.5. The second kappa shape index (κ2) is 13.1. The number of amides is 1. The van der Waals surface area contributed by atoms with Gasteiger partial charge >= 0.3 is 0 Å². The molecule has 0 bridgehead atoms. The number of likely N-dealkylation sites (tertiary alicyclic amines) is 1. The first-order valence-corrected chi connectivity index (χ1v) is 18.0. The minimum atomic E-state index is -3.23. The fraction of sp³-hybridized carbons (Fsp3) is 0.567. The van der Waals surface area contributed by atoms with Crippen molar-refractivity contribution in [1.29, 1.82) is 0 Å². The van der Waals surface area contributed by atoms with Crippen LogP contribution in [-0.2, 0) is 31.1 Å². The number of hydrogen-bond donors (Lipinski definition) is 0. The van der Waals surface area contributed by atoms with Gasteiger partial charge in [0.1, 0.15) is 0 Å². The van der Waals surface area contributed by atoms with E-state index in [0.717, 1.165) is 56.6 Å². The Balaban J connectivity index is 1.28. The summed E-state index contributed by atoms with van der Waals surface area (Å²) in [4.78, 5) is 18.4. The van der Waals surface area contributed by atoms with Gasteiger partial charge in [-0.3, -0.25) is 4.79 Å². The summed E-state index contributed by atoms with van der Waals surface area (Å²) in [5.74, 6) is 0.517. The molecule has 0 saturated carbocycles. The number of anilines is 1. The van der Waals surface area contributed by atoms with Crippen LogP contribution in [0.15, 0.2) is 53.4 Å². The van der Waals surface area contributed by atoms with Crippen molar-refractivity contribution in [2.75, 3.05) is 56.7 Å². The average molecular weight is 590 g/mol. The van der Waals surface area contributed by atoms with Crippen LogP contribution in [0, 0.1) is 18.8 Å². The van der Waals surface area contributed by atoms with Crippen molar-refractivity contribution >= 4 is 31.5 Å². The van der Waals surface area contributed by atoms with Crippen molar-refractivity contribution < 1.29 is 21.6 Å². The van der Waals surface area contributed by atoms with Gasteiger partial charge in [-0.25, -0.2) is 21.1 Å². The van der Waals surface area contributed by atoms with E-state index < -0.39 is 19.9 Å². The van der Waals surface area contributed by atoms with Crippen LogP contribution in [0.2, 0.25) is 0 Å². The molecule has 0 unspecified atom stereocenters. The normalized spacial score (nSPS) is 18.6. The molecule has 8 nitrogen and oxygen atoms in total. The van der Waals surface area contributed by atoms with Crippen LogP contribution < -0.4 is 4.90 Å². The van der Waals surface area contributed by atoms with Crippen LogP contribution in [0.4, 0.5) is 5.69 Å². The lowest BCUT2D eigenvalue weighted by Gasteiger charge is -2.35. The van der Waals surface area contributed by atoms with E-state index in [-0.39, 0.29) is 11.8 Å². The second-order valence-corrected chi connectivity index (χ2v) is 15.5. The molecule has 0 aliphatic carbocycles. The third-order valence-corrected chi connectivity index (χ3v) is 10.7. The largest absolute Gasteiger partial charge is 0.312 e. The summed E-state index contributed by atoms with van der Waals surface area (Å²) in [5, 5.41) is 0. The molecular weight excluding hydrogens is 546 g/mol. The summed E-state index contributed by atoms with van der Waals surface area (Å²) >= 11 is 0. The number of benzene rings is 2. The molecule has 0 aromatic heterocycles. The van der Waals surface area contributed by atoms with Crippen molar-refractivity contribution in [3.8, 4) is 0 Å². The van der Waals surface area contributed by atoms with Crippen LogP contribution in [0.25, 0.3) is 0 Å². The van der Waals surface area contributed by atoms with Gasteiger partial charge in [0.25, 0.3) is 0 Å². The van der Waals surface area contributed by atoms with Crippen molar-refractivity contribution in [3.63, 3.8) is 0 Å². The van der Waals surface area contributed by atoms with E-state index >= 15 is 0 Å². The summed E-state index contributed by atoms with van der Waals surface area (Å²) in [6, 6.07) is 15.3. The number of aryl methyl sites for hydroxylation is 1. The van der Waals surface area contributed by atoms with E-state index in [0.29, 0.717) is 43.3 Å². The molecule has 0 atom stereocenters. The molecule has 2 aliphatic heterocycles. The van der Waals surface area contributed by atoms with Gasteiger partial charge in [-0.15, -0.1) is 0 Å². The molecule has 2 saturated heterocycles. The quantitative estimate of drug-likeness (QED) is 0.419. The highest BCUT2D eigenvalue weighted by atomic mass is 32.2. The molecule has 40 heavy (non-hydrogen) atoms. The smallest absolute Gasteiger partial charge is 0.230 e. The molecule has 4 rings (SSSR count). The van der Waals surface area contributed by atoms with Gasteiger partial charge in [0, 0.05) is 37.5 Å². The highest BCUT2D eigenvalue weighted by Gasteiger charge is 2.32. The van der Waals surface area contributed by atoms with Crippen molar-refractivity contribution in [1.82, 2.24) is 9.21 Å². The number of hydrogen-bond acceptors (Lipinski definition) is 6. The standard InChI is InChI=1S/C30H43N3O5S2/c1-24-6-4-7-28(22-24)33(30(34)27-14-20-32(21-15-27)40(3,37)38)17-5-16-31-18-12-26(13-19-31)23-25-8-10-29(11-9-25)39(2,35)36/h4,6-11,22,26-27H,5,12-21,23H2,1-3H3. The third-order valence-electron chi connectivity index (χ3n) is 8.29. The molecule has 1 amide bonds. The zero-order valence-electron chi connectivity index (χ0n) is 24.0. The SMILES string of the molecule is Cc1cccc(N(CCCN2CCC(Cc3ccc(S(C)(=O)=O)cc3)CC2)C(=O)C2CCN(S(C)(=O)=O)CC2)c1. The van der Waals surface area contributed by atoms with Crippen LogP contribution in [0.3, 0.4) is 0 Å². The predicted octanol–water partition coefficient (Wildman–Crippen LogP) is 3.75. The first kappa shape index (κ1) is 30.7. The number of sulfonamides is 1. The summed E-state index contributed by atoms with van der Waals surface area (Å²) in [6.07, 6.45) is 7.62. The first-order valence-electron chi connectivity index (χ1n) is 14.2. The number of piperidine rings is 2. The molecular formula is C30H43N3O5S2. The number of rotatable bonds is 10. The molecule has 10 heteroatoms. The van der Waals surface area contributed by atoms with Gasteiger partial charge in [0.15, 0.2) is 9.84 Å². The molecule has 0 radical (unpaired) electrons. The van der Waals surface area contributed by atoms with Crippen LogP contribution in [0.5, 0.6) is 0 Å². The molecule has 2 heterocycles. The summed E-state index contributed by atoms with van der Waals surface area (Å²) in [5.41, 5.74) is 3.20. The zero-order valence-corrected chi connectivity index (χ0v) is 25.6. The van der Waals surface area contributed by atoms with Gasteiger partial charge < -0.3 is 9.80 Å². The summed E-state index contributed by atoms with van der Waals surface area (Å²) in [6.45, 7) is 6.43. The lowest BCUT2D eigenvalue weighted by atomic mass is 9.90. The summed E-state index contributed by atoms with van der Waals surface area (Å²) in [7, 11) is -6.40. The number of carbonyl (C=O) groups is 1. The Hall–Kier alpha value is -2.27. The molecule has 0 spiro atoms. The lowest BCUT2D eigenvalue weighted by molar-refractivity contribution is -0.123. The van der Waals surface area contributed by atoms with E-state index in [4.69, 9.17) is 0 Å². The Kier molecular flexibility index (Phi) is 10.1. The number of sulfone groups is 1. The van der Waals surface area contributed by atoms with E-state index in [1.54, 1.807) is 12.1 Å². The highest BCUT2D eigenvalue weighted by Crippen LogP contribution is 2.26. The fourth-order valence-corrected chi connectivity index (χ4v) is 7.39. The Morgan fingerprint density at radius 2 is 1.55 bits per heavy atom. The molecule has 2 aromatic rings. The van der Waals surface area contributed by atoms with Gasteiger partial charge in [-0.05, 0) is 106 Å². The van der Waals surface area contributed by atoms with E-state index in [9.17, 15) is 21.6 Å². The Morgan fingerprint density at radius 1 is 0.900 bits per heavy atom. The van der Waals surface area contributed by atoms with E-state index in [2.05, 4.69) is 11.0 Å². The summed E-state index contributed by atoms with van der Waals surface area (Å²) < 4.78 is 48.7. The van der Waals surface area contributed by atoms with Gasteiger partial charge in [0.05, 0.1) is 11.2 Å². The Labute approximate surface area is 240 Å². The molecule has 2 aliphatic rings. The zero-order chi connectivity index (χ0) is 28.9. The lowest BCUT2D eigenvalue weighted by Crippen LogP contribution is -2.45. The maximum atomic E-state index is 13.7. The Bertz CT molecular complexity index is 1360. The van der Waals surface area contributed by atoms with Gasteiger partial charge in [0.2, 0.25) is 15.9 Å². The monoisotopic (exact) mass is 589 g/mol. The number of carbonyl (C=O) groups excluding carboxylic acids is 1. The van der Waals surface area contributed by atoms with Crippen molar-refractivity contribution in [2.45, 2.75) is 50.3 Å². The molecule has 2 aromatic carbocycles. The maximum absolute atomic E-state index is 13.7. The molecule has 0 N–H and O–H groups in total. The van der Waals surface area contributed by atoms with Crippen molar-refractivity contribution in [2.24, 2.45) is 11.8 Å². The van der Waals surface area contributed by atoms with Crippen LogP contribution >= 0.6 is 0 Å². The predicted molar refractivity (Wildman–Crippen MR) is 160 cm³/mol. The van der Waals surface area contributed by atoms with Crippen molar-refractivity contribution in [3.05, 3.63) is 59.7 Å². The highest BCUT2D eigenvalue weighted by molar-refractivity contribution is 7.90. The molecule has 220 valence electrons. The van der Waals surface area contributed by atoms with Gasteiger partial charge in [-0.2, -0.15) is 0 Å². The van der Waals surface area contributed by atoms with Gasteiger partial charge in [-0.1, -0.05) is 24.3 Å². The maximum Gasteiger partial charge on any atom is 0.230 e. The third kappa shape index (κ3) is 8.38. The van der Waals surface area contributed by atoms with E-state index in [1.807, 2.05) is 42.2 Å². The first-order chi connectivity index (χ1) is 18.9. The topological polar surface area (TPSA) is 95.1 Å². The Morgan fingerprint density at radius 3 is 2.12 bits per heavy atom. The minimum absolute atomic E-state index is 0.0966. The van der Waals surface area contributed by atoms with Crippen LogP contribution in [0.1, 0.15) is 43.2 Å². The average Bonchev–Trinajstić information content (AvgIpc) is 2.91. The number of nitrogens with zero attached hydrogens (tertiary/aromatic N) is 3. The van der Waals surface area contributed by atoms with Crippen LogP contribution in [-0.4, -0.2) is 83.7 Å².